The van der Waals surface area contributed by atoms with E-state index in [0.717, 1.165) is 19.3 Å². The molecule has 0 bridgehead atoms. The lowest BCUT2D eigenvalue weighted by Gasteiger charge is -2.43. The van der Waals surface area contributed by atoms with E-state index in [1.165, 1.54) is 0 Å². The van der Waals surface area contributed by atoms with Gasteiger partial charge in [-0.3, -0.25) is 4.79 Å². The Labute approximate surface area is 94.6 Å². The normalized spacial score (nSPS) is 19.9. The van der Waals surface area contributed by atoms with Crippen LogP contribution in [0.15, 0.2) is 0 Å². The predicted molar refractivity (Wildman–Crippen MR) is 57.0 cm³/mol. The second-order valence-electron chi connectivity index (χ2n) is 4.20. The first-order valence-corrected chi connectivity index (χ1v) is 5.63. The van der Waals surface area contributed by atoms with Crippen LogP contribution in [0.2, 0.25) is 0 Å². The largest absolute Gasteiger partial charge is 0.471 e. The maximum Gasteiger partial charge on any atom is 0.471 e. The number of rotatable bonds is 2. The Balaban J connectivity index is 0.00000106. The monoisotopic (exact) mass is 239 g/mol. The Bertz CT molecular complexity index is 234. The summed E-state index contributed by atoms with van der Waals surface area (Å²) in [6, 6.07) is -0.412. The van der Waals surface area contributed by atoms with E-state index < -0.39 is 18.1 Å². The van der Waals surface area contributed by atoms with Gasteiger partial charge in [-0.05, 0) is 25.2 Å². The van der Waals surface area contributed by atoms with Crippen molar-refractivity contribution in [2.45, 2.75) is 59.2 Å². The number of amides is 1. The van der Waals surface area contributed by atoms with Crippen LogP contribution >= 0.6 is 0 Å². The zero-order valence-corrected chi connectivity index (χ0v) is 10.2. The molecule has 0 aromatic rings. The Morgan fingerprint density at radius 1 is 1.31 bits per heavy atom. The fraction of sp³-hybridized carbons (Fsp3) is 0.909. The van der Waals surface area contributed by atoms with E-state index in [0.29, 0.717) is 0 Å². The van der Waals surface area contributed by atoms with Gasteiger partial charge in [0.1, 0.15) is 0 Å². The fourth-order valence-corrected chi connectivity index (χ4v) is 1.62. The van der Waals surface area contributed by atoms with Crippen molar-refractivity contribution in [3.05, 3.63) is 0 Å². The van der Waals surface area contributed by atoms with E-state index >= 15 is 0 Å². The van der Waals surface area contributed by atoms with E-state index in [1.807, 2.05) is 26.1 Å². The third kappa shape index (κ3) is 3.68. The van der Waals surface area contributed by atoms with Gasteiger partial charge >= 0.3 is 12.1 Å². The highest BCUT2D eigenvalue weighted by molar-refractivity contribution is 5.81. The molecular formula is C11H20F3NO. The smallest absolute Gasteiger partial charge is 0.345 e. The van der Waals surface area contributed by atoms with E-state index in [1.54, 1.807) is 6.92 Å². The van der Waals surface area contributed by atoms with Crippen molar-refractivity contribution in [1.29, 1.82) is 0 Å². The summed E-state index contributed by atoms with van der Waals surface area (Å²) in [6.07, 6.45) is -1.98. The molecule has 96 valence electrons. The Hall–Kier alpha value is -0.740. The number of hydrogen-bond donors (Lipinski definition) is 1. The predicted octanol–water partition coefficient (Wildman–Crippen LogP) is 3.27. The van der Waals surface area contributed by atoms with Crippen molar-refractivity contribution in [2.75, 3.05) is 0 Å². The first-order valence-electron chi connectivity index (χ1n) is 5.63. The van der Waals surface area contributed by atoms with Gasteiger partial charge in [-0.1, -0.05) is 27.2 Å². The molecule has 0 saturated heterocycles. The highest BCUT2D eigenvalue weighted by Crippen LogP contribution is 2.43. The molecule has 1 rings (SSSR count). The molecule has 1 aliphatic carbocycles. The van der Waals surface area contributed by atoms with Crippen molar-refractivity contribution in [3.8, 4) is 0 Å². The third-order valence-electron chi connectivity index (χ3n) is 3.15. The first kappa shape index (κ1) is 15.3. The van der Waals surface area contributed by atoms with Crippen LogP contribution in [-0.4, -0.2) is 18.1 Å². The Kier molecular flexibility index (Phi) is 5.29. The van der Waals surface area contributed by atoms with E-state index in [4.69, 9.17) is 0 Å². The van der Waals surface area contributed by atoms with Gasteiger partial charge in [0.15, 0.2) is 0 Å². The summed E-state index contributed by atoms with van der Waals surface area (Å²) in [4.78, 5) is 10.6. The summed E-state index contributed by atoms with van der Waals surface area (Å²) in [5.74, 6) is -1.84. The van der Waals surface area contributed by atoms with Gasteiger partial charge in [-0.25, -0.2) is 0 Å². The number of hydrogen-bond acceptors (Lipinski definition) is 1. The molecule has 0 radical (unpaired) electrons. The van der Waals surface area contributed by atoms with Gasteiger partial charge in [0.2, 0.25) is 0 Å². The van der Waals surface area contributed by atoms with Crippen LogP contribution in [0.1, 0.15) is 47.0 Å². The van der Waals surface area contributed by atoms with Crippen molar-refractivity contribution in [1.82, 2.24) is 5.32 Å². The lowest BCUT2D eigenvalue weighted by Crippen LogP contribution is -2.51. The summed E-state index contributed by atoms with van der Waals surface area (Å²) < 4.78 is 35.7. The molecule has 0 heterocycles. The van der Waals surface area contributed by atoms with Gasteiger partial charge in [-0.15, -0.1) is 0 Å². The van der Waals surface area contributed by atoms with Crippen LogP contribution in [-0.2, 0) is 4.79 Å². The van der Waals surface area contributed by atoms with E-state index in [9.17, 15) is 18.0 Å². The summed E-state index contributed by atoms with van der Waals surface area (Å²) in [6.45, 7) is 7.53. The van der Waals surface area contributed by atoms with Gasteiger partial charge in [0, 0.05) is 6.04 Å². The zero-order chi connectivity index (χ0) is 13.0. The van der Waals surface area contributed by atoms with Gasteiger partial charge < -0.3 is 5.32 Å². The number of halogens is 3. The van der Waals surface area contributed by atoms with Crippen LogP contribution in [0.3, 0.4) is 0 Å². The summed E-state index contributed by atoms with van der Waals surface area (Å²) in [7, 11) is 0. The summed E-state index contributed by atoms with van der Waals surface area (Å²) in [5.41, 5.74) is -0.152. The molecule has 1 N–H and O–H groups in total. The van der Waals surface area contributed by atoms with Gasteiger partial charge in [0.25, 0.3) is 0 Å². The van der Waals surface area contributed by atoms with Gasteiger partial charge in [0.05, 0.1) is 0 Å². The molecule has 1 fully saturated rings. The van der Waals surface area contributed by atoms with Crippen molar-refractivity contribution >= 4 is 5.91 Å². The number of carbonyl (C=O) groups excluding carboxylic acids is 1. The molecule has 5 heteroatoms. The topological polar surface area (TPSA) is 29.1 Å². The summed E-state index contributed by atoms with van der Waals surface area (Å²) >= 11 is 0. The maximum absolute atomic E-state index is 11.9. The SMILES string of the molecule is CC.CC(NC(=O)C(F)(F)F)C1(C)CCC1. The first-order chi connectivity index (χ1) is 7.26. The zero-order valence-electron chi connectivity index (χ0n) is 10.2. The van der Waals surface area contributed by atoms with Crippen LogP contribution < -0.4 is 5.32 Å². The minimum atomic E-state index is -4.77. The van der Waals surface area contributed by atoms with Crippen LogP contribution in [0.25, 0.3) is 0 Å². The van der Waals surface area contributed by atoms with Crippen molar-refractivity contribution < 1.29 is 18.0 Å². The second-order valence-corrected chi connectivity index (χ2v) is 4.20. The minimum absolute atomic E-state index is 0.152. The standard InChI is InChI=1S/C9H14F3NO.C2H6/c1-6(8(2)4-3-5-8)13-7(14)9(10,11)12;1-2/h6H,3-5H2,1-2H3,(H,13,14);1-2H3. The molecule has 0 aromatic carbocycles. The van der Waals surface area contributed by atoms with Crippen LogP contribution in [0, 0.1) is 5.41 Å². The second kappa shape index (κ2) is 5.55. The molecule has 0 spiro atoms. The average Bonchev–Trinajstić information content (AvgIpc) is 2.15. The molecule has 1 saturated carbocycles. The quantitative estimate of drug-likeness (QED) is 0.787. The lowest BCUT2D eigenvalue weighted by atomic mass is 9.66. The maximum atomic E-state index is 11.9. The van der Waals surface area contributed by atoms with E-state index in [2.05, 4.69) is 0 Å². The Morgan fingerprint density at radius 3 is 2.00 bits per heavy atom. The minimum Gasteiger partial charge on any atom is -0.345 e. The molecule has 1 atom stereocenters. The Morgan fingerprint density at radius 2 is 1.75 bits per heavy atom. The van der Waals surface area contributed by atoms with Crippen molar-refractivity contribution in [2.24, 2.45) is 5.41 Å². The number of carbonyl (C=O) groups is 1. The van der Waals surface area contributed by atoms with Crippen molar-refractivity contribution in [3.63, 3.8) is 0 Å². The highest BCUT2D eigenvalue weighted by Gasteiger charge is 2.44. The molecule has 2 nitrogen and oxygen atoms in total. The molecule has 16 heavy (non-hydrogen) atoms. The molecular weight excluding hydrogens is 219 g/mol. The van der Waals surface area contributed by atoms with Crippen LogP contribution in [0.5, 0.6) is 0 Å². The van der Waals surface area contributed by atoms with E-state index in [-0.39, 0.29) is 5.41 Å². The molecule has 1 aliphatic rings. The molecule has 0 aliphatic heterocycles. The average molecular weight is 239 g/mol. The third-order valence-corrected chi connectivity index (χ3v) is 3.15. The fourth-order valence-electron chi connectivity index (χ4n) is 1.62. The molecule has 1 amide bonds. The number of alkyl halides is 3. The molecule has 1 unspecified atom stereocenters. The van der Waals surface area contributed by atoms with Crippen LogP contribution in [0.4, 0.5) is 13.2 Å². The highest BCUT2D eigenvalue weighted by atomic mass is 19.4. The molecule has 0 aromatic heterocycles. The summed E-state index contributed by atoms with van der Waals surface area (Å²) in [5, 5.41) is 2.00. The lowest BCUT2D eigenvalue weighted by molar-refractivity contribution is -0.175. The number of nitrogens with one attached hydrogen (secondary N) is 1. The van der Waals surface area contributed by atoms with Gasteiger partial charge in [-0.2, -0.15) is 13.2 Å².